The normalized spacial score (nSPS) is 51.9. The van der Waals surface area contributed by atoms with Gasteiger partial charge < -0.3 is 114 Å². The molecule has 0 unspecified atom stereocenters. The zero-order valence-corrected chi connectivity index (χ0v) is 45.9. The van der Waals surface area contributed by atoms with Crippen LogP contribution in [0.3, 0.4) is 0 Å². The molecule has 23 nitrogen and oxygen atoms in total. The van der Waals surface area contributed by atoms with Crippen molar-refractivity contribution >= 4 is 0 Å². The average molecular weight is 1110 g/mol. The van der Waals surface area contributed by atoms with Crippen LogP contribution in [-0.2, 0) is 37.9 Å². The molecule has 0 radical (unpaired) electrons. The number of ether oxygens (including phenoxy) is 8. The molecule has 0 spiro atoms. The molecular weight excluding hydrogens is 1020 g/mol. The van der Waals surface area contributed by atoms with E-state index >= 15 is 0 Å². The third kappa shape index (κ3) is 10.9. The minimum atomic E-state index is -1.91. The number of allylic oxidation sites excluding steroid dienone is 1. The summed E-state index contributed by atoms with van der Waals surface area (Å²) in [5.74, 6) is 0.278. The molecule has 4 heterocycles. The molecule has 0 aromatic carbocycles. The van der Waals surface area contributed by atoms with Crippen LogP contribution in [0.15, 0.2) is 11.6 Å². The van der Waals surface area contributed by atoms with E-state index < -0.39 is 177 Å². The zero-order valence-electron chi connectivity index (χ0n) is 45.9. The number of hydrogen-bond donors (Lipinski definition) is 15. The summed E-state index contributed by atoms with van der Waals surface area (Å²) in [6, 6.07) is 0. The van der Waals surface area contributed by atoms with Crippen molar-refractivity contribution in [2.45, 2.75) is 260 Å². The summed E-state index contributed by atoms with van der Waals surface area (Å²) in [7, 11) is 0. The zero-order chi connectivity index (χ0) is 56.8. The lowest BCUT2D eigenvalue weighted by atomic mass is 9.38. The van der Waals surface area contributed by atoms with Gasteiger partial charge >= 0.3 is 0 Å². The van der Waals surface area contributed by atoms with Crippen LogP contribution in [0.2, 0.25) is 0 Å². The van der Waals surface area contributed by atoms with Crippen LogP contribution in [0.4, 0.5) is 0 Å². The predicted octanol–water partition coefficient (Wildman–Crippen LogP) is -2.20. The van der Waals surface area contributed by atoms with Gasteiger partial charge in [-0.1, -0.05) is 53.2 Å². The van der Waals surface area contributed by atoms with Gasteiger partial charge in [-0.3, -0.25) is 0 Å². The van der Waals surface area contributed by atoms with Gasteiger partial charge in [0.05, 0.1) is 49.8 Å². The first-order chi connectivity index (χ1) is 35.9. The van der Waals surface area contributed by atoms with Gasteiger partial charge in [0.1, 0.15) is 91.6 Å². The quantitative estimate of drug-likeness (QED) is 0.0729. The first-order valence-corrected chi connectivity index (χ1v) is 27.9. The first kappa shape index (κ1) is 61.9. The number of rotatable bonds is 16. The summed E-state index contributed by atoms with van der Waals surface area (Å²) in [6.45, 7) is 15.9. The lowest BCUT2D eigenvalue weighted by Crippen LogP contribution is -2.65. The molecule has 0 aromatic rings. The van der Waals surface area contributed by atoms with Gasteiger partial charge in [0.2, 0.25) is 0 Å². The molecule has 3 saturated carbocycles. The highest BCUT2D eigenvalue weighted by Crippen LogP contribution is 2.75. The van der Waals surface area contributed by atoms with E-state index in [1.165, 1.54) is 12.5 Å². The average Bonchev–Trinajstić information content (AvgIpc) is 3.92. The second kappa shape index (κ2) is 23.1. The lowest BCUT2D eigenvalue weighted by molar-refractivity contribution is -0.380. The number of hydrogen-bond acceptors (Lipinski definition) is 23. The highest BCUT2D eigenvalue weighted by Gasteiger charge is 2.70. The highest BCUT2D eigenvalue weighted by atomic mass is 16.8. The number of fused-ring (bicyclic) bond motifs is 5. The van der Waals surface area contributed by atoms with Crippen molar-refractivity contribution in [3.8, 4) is 0 Å². The fourth-order valence-electron chi connectivity index (χ4n) is 15.6. The van der Waals surface area contributed by atoms with Crippen LogP contribution in [0.25, 0.3) is 0 Å². The maximum absolute atomic E-state index is 12.7. The number of aliphatic hydroxyl groups excluding tert-OH is 14. The third-order valence-corrected chi connectivity index (χ3v) is 20.7. The molecule has 0 bridgehead atoms. The van der Waals surface area contributed by atoms with Crippen molar-refractivity contribution in [1.82, 2.24) is 0 Å². The van der Waals surface area contributed by atoms with Crippen LogP contribution in [-0.4, -0.2) is 243 Å². The molecule has 0 amide bonds. The van der Waals surface area contributed by atoms with E-state index in [2.05, 4.69) is 47.6 Å². The summed E-state index contributed by atoms with van der Waals surface area (Å²) >= 11 is 0. The smallest absolute Gasteiger partial charge is 0.187 e. The molecular formula is C54H92O23. The Labute approximate surface area is 450 Å². The molecule has 4 saturated heterocycles. The van der Waals surface area contributed by atoms with E-state index in [1.54, 1.807) is 13.8 Å². The fourth-order valence-corrected chi connectivity index (χ4v) is 15.6. The molecule has 446 valence electrons. The summed E-state index contributed by atoms with van der Waals surface area (Å²) in [5, 5.41) is 162. The van der Waals surface area contributed by atoms with E-state index in [1.807, 2.05) is 0 Å². The van der Waals surface area contributed by atoms with Crippen LogP contribution in [0.1, 0.15) is 114 Å². The topological polar surface area (TPSA) is 377 Å². The Hall–Kier alpha value is -1.18. The van der Waals surface area contributed by atoms with E-state index in [0.717, 1.165) is 19.3 Å². The summed E-state index contributed by atoms with van der Waals surface area (Å²) in [4.78, 5) is 0. The van der Waals surface area contributed by atoms with Gasteiger partial charge in [0.15, 0.2) is 25.2 Å². The van der Waals surface area contributed by atoms with Crippen molar-refractivity contribution in [3.63, 3.8) is 0 Å². The van der Waals surface area contributed by atoms with Crippen molar-refractivity contribution in [3.05, 3.63) is 11.6 Å². The molecule has 23 heteroatoms. The third-order valence-electron chi connectivity index (χ3n) is 20.7. The second-order valence-electron chi connectivity index (χ2n) is 25.9. The van der Waals surface area contributed by atoms with Gasteiger partial charge in [-0.05, 0) is 107 Å². The molecule has 30 atom stereocenters. The van der Waals surface area contributed by atoms with E-state index in [4.69, 9.17) is 37.9 Å². The van der Waals surface area contributed by atoms with Crippen LogP contribution < -0.4 is 0 Å². The van der Waals surface area contributed by atoms with Gasteiger partial charge in [-0.15, -0.1) is 0 Å². The second-order valence-corrected chi connectivity index (χ2v) is 25.9. The van der Waals surface area contributed by atoms with Crippen LogP contribution >= 0.6 is 0 Å². The summed E-state index contributed by atoms with van der Waals surface area (Å²) < 4.78 is 48.0. The van der Waals surface area contributed by atoms with Crippen LogP contribution in [0.5, 0.6) is 0 Å². The Morgan fingerprint density at radius 3 is 1.75 bits per heavy atom. The molecule has 4 aliphatic heterocycles. The maximum atomic E-state index is 12.7. The highest BCUT2D eigenvalue weighted by molar-refractivity contribution is 5.32. The predicted molar refractivity (Wildman–Crippen MR) is 266 cm³/mol. The Bertz CT molecular complexity index is 2010. The Morgan fingerprint density at radius 2 is 1.17 bits per heavy atom. The van der Waals surface area contributed by atoms with Crippen LogP contribution in [0, 0.1) is 45.3 Å². The first-order valence-electron chi connectivity index (χ1n) is 27.9. The molecule has 15 N–H and O–H groups in total. The fraction of sp³-hybridized carbons (Fsp3) is 0.963. The lowest BCUT2D eigenvalue weighted by Gasteiger charge is -2.67. The molecule has 0 aromatic heterocycles. The monoisotopic (exact) mass is 1110 g/mol. The number of aliphatic hydroxyl groups is 15. The van der Waals surface area contributed by atoms with Gasteiger partial charge in [0.25, 0.3) is 0 Å². The summed E-state index contributed by atoms with van der Waals surface area (Å²) in [6.07, 6.45) is -26.1. The van der Waals surface area contributed by atoms with E-state index in [-0.39, 0.29) is 40.9 Å². The van der Waals surface area contributed by atoms with Crippen molar-refractivity contribution in [1.29, 1.82) is 0 Å². The van der Waals surface area contributed by atoms with Gasteiger partial charge in [-0.25, -0.2) is 0 Å². The Kier molecular flexibility index (Phi) is 18.6. The molecule has 8 aliphatic rings. The largest absolute Gasteiger partial charge is 0.394 e. The van der Waals surface area contributed by atoms with E-state index in [0.29, 0.717) is 25.7 Å². The van der Waals surface area contributed by atoms with Crippen molar-refractivity contribution < 1.29 is 114 Å². The maximum Gasteiger partial charge on any atom is 0.187 e. The minimum Gasteiger partial charge on any atom is -0.394 e. The molecule has 8 rings (SSSR count). The Balaban J connectivity index is 0.985. The Morgan fingerprint density at radius 1 is 0.623 bits per heavy atom. The van der Waals surface area contributed by atoms with Crippen molar-refractivity contribution in [2.75, 3.05) is 19.8 Å². The standard InChI is InChI=1S/C54H92O23/c1-22(24-16-17-52(7)30-13-11-25-26(54(30,9)31(57)18-53(24,52)8)12-15-32(50(25,3)4)75-47-43(67)39(63)35(59)27(19-55)72-47)10-14-33(51(5,6)69)76-49-45(77-48-44(68)40(64)36(60)28(20-56)73-48)41(65)37(61)29(74-49)21-70-46-42(66)38(62)34(58)23(2)71-46/h11,22-24,26-49,55-69H,10,12-21H2,1-9H3/t22-,23+,24-,26-,27-,28-,29-,30+,31-,32+,33-,34+,35-,36-,37-,38-,39+,40+,41+,42-,43-,44-,45-,46-,47+,48+,49+,52+,53-,54+/m1/s1. The molecule has 77 heavy (non-hydrogen) atoms. The van der Waals surface area contributed by atoms with Gasteiger partial charge in [-0.2, -0.15) is 0 Å². The van der Waals surface area contributed by atoms with E-state index in [9.17, 15) is 76.6 Å². The minimum absolute atomic E-state index is 0.0163. The molecule has 4 aliphatic carbocycles. The van der Waals surface area contributed by atoms with Gasteiger partial charge in [0, 0.05) is 10.8 Å². The summed E-state index contributed by atoms with van der Waals surface area (Å²) in [5.41, 5.74) is -1.99. The molecule has 7 fully saturated rings. The van der Waals surface area contributed by atoms with Crippen molar-refractivity contribution in [2.24, 2.45) is 45.3 Å². The SMILES string of the molecule is C[C@H](CC[C@@H](O[C@@H]1O[C@H](CO[C@@H]2O[C@@H](C)[C@H](O)[C@@H](O)[C@H]2O)[C@@H](O)[C@H](O)[C@H]1O[C@@H]1O[C@H](CO)[C@@H](O)[C@H](O)[C@H]1O)C(C)(C)O)[C@H]1CC[C@@]2(C)[C@@H]3CC=C4[C@@H](CC[C@H](O[C@@H]5O[C@H](CO)[C@@H](O)[C@H](O)[C@H]5O)C4(C)C)[C@]3(C)[C@H](O)C[C@]12C.